The zero-order chi connectivity index (χ0) is 13.4. The van der Waals surface area contributed by atoms with Crippen molar-refractivity contribution in [1.29, 1.82) is 0 Å². The lowest BCUT2D eigenvalue weighted by atomic mass is 10.1. The SMILES string of the molecule is COc1ccc2[nH]c3cccc(OC)c3c2c1OC. The van der Waals surface area contributed by atoms with Crippen molar-refractivity contribution >= 4 is 21.8 Å². The fraction of sp³-hybridized carbons (Fsp3) is 0.200. The molecule has 1 heterocycles. The van der Waals surface area contributed by atoms with Gasteiger partial charge in [-0.15, -0.1) is 0 Å². The lowest BCUT2D eigenvalue weighted by Crippen LogP contribution is -1.91. The Morgan fingerprint density at radius 3 is 2.16 bits per heavy atom. The highest BCUT2D eigenvalue weighted by molar-refractivity contribution is 6.14. The maximum Gasteiger partial charge on any atom is 0.170 e. The van der Waals surface area contributed by atoms with E-state index in [9.17, 15) is 0 Å². The van der Waals surface area contributed by atoms with Crippen LogP contribution in [-0.2, 0) is 0 Å². The molecule has 3 aromatic rings. The molecule has 0 unspecified atom stereocenters. The van der Waals surface area contributed by atoms with Gasteiger partial charge in [-0.1, -0.05) is 6.07 Å². The number of methoxy groups -OCH3 is 3. The Balaban J connectivity index is 2.52. The highest BCUT2D eigenvalue weighted by Gasteiger charge is 2.16. The highest BCUT2D eigenvalue weighted by Crippen LogP contribution is 2.42. The van der Waals surface area contributed by atoms with Crippen LogP contribution >= 0.6 is 0 Å². The van der Waals surface area contributed by atoms with Gasteiger partial charge >= 0.3 is 0 Å². The number of benzene rings is 2. The lowest BCUT2D eigenvalue weighted by molar-refractivity contribution is 0.358. The summed E-state index contributed by atoms with van der Waals surface area (Å²) in [4.78, 5) is 3.36. The van der Waals surface area contributed by atoms with Gasteiger partial charge < -0.3 is 19.2 Å². The number of aromatic amines is 1. The van der Waals surface area contributed by atoms with Crippen LogP contribution in [-0.4, -0.2) is 26.3 Å². The molecule has 98 valence electrons. The van der Waals surface area contributed by atoms with Crippen LogP contribution in [0.15, 0.2) is 30.3 Å². The fourth-order valence-electron chi connectivity index (χ4n) is 2.49. The summed E-state index contributed by atoms with van der Waals surface area (Å²) in [5, 5.41) is 1.99. The predicted octanol–water partition coefficient (Wildman–Crippen LogP) is 3.35. The van der Waals surface area contributed by atoms with Crippen molar-refractivity contribution in [2.24, 2.45) is 0 Å². The van der Waals surface area contributed by atoms with Crippen LogP contribution in [0, 0.1) is 0 Å². The largest absolute Gasteiger partial charge is 0.496 e. The third-order valence-electron chi connectivity index (χ3n) is 3.31. The maximum atomic E-state index is 5.51. The quantitative estimate of drug-likeness (QED) is 0.782. The molecule has 0 aliphatic heterocycles. The van der Waals surface area contributed by atoms with Crippen molar-refractivity contribution in [1.82, 2.24) is 4.98 Å². The molecule has 0 aliphatic carbocycles. The second-order valence-corrected chi connectivity index (χ2v) is 4.23. The van der Waals surface area contributed by atoms with Crippen LogP contribution < -0.4 is 14.2 Å². The molecule has 0 aliphatic rings. The molecule has 2 aromatic carbocycles. The molecule has 0 atom stereocenters. The number of aromatic nitrogens is 1. The van der Waals surface area contributed by atoms with Crippen LogP contribution in [0.2, 0.25) is 0 Å². The molecule has 0 radical (unpaired) electrons. The minimum absolute atomic E-state index is 0.710. The zero-order valence-corrected chi connectivity index (χ0v) is 11.1. The first kappa shape index (κ1) is 11.7. The van der Waals surface area contributed by atoms with Crippen molar-refractivity contribution in [3.05, 3.63) is 30.3 Å². The molecule has 0 bridgehead atoms. The van der Waals surface area contributed by atoms with Gasteiger partial charge in [-0.2, -0.15) is 0 Å². The number of hydrogen-bond acceptors (Lipinski definition) is 3. The molecule has 0 saturated carbocycles. The van der Waals surface area contributed by atoms with Crippen molar-refractivity contribution in [2.75, 3.05) is 21.3 Å². The Hall–Kier alpha value is -2.36. The summed E-state index contributed by atoms with van der Waals surface area (Å²) >= 11 is 0. The molecule has 4 nitrogen and oxygen atoms in total. The number of rotatable bonds is 3. The van der Waals surface area contributed by atoms with Gasteiger partial charge in [0.15, 0.2) is 11.5 Å². The average molecular weight is 257 g/mol. The van der Waals surface area contributed by atoms with Crippen LogP contribution in [0.25, 0.3) is 21.8 Å². The third kappa shape index (κ3) is 1.60. The Kier molecular flexibility index (Phi) is 2.71. The molecule has 0 amide bonds. The van der Waals surface area contributed by atoms with Gasteiger partial charge in [-0.3, -0.25) is 0 Å². The van der Waals surface area contributed by atoms with Crippen molar-refractivity contribution in [3.63, 3.8) is 0 Å². The highest BCUT2D eigenvalue weighted by atomic mass is 16.5. The Morgan fingerprint density at radius 1 is 0.737 bits per heavy atom. The number of H-pyrrole nitrogens is 1. The van der Waals surface area contributed by atoms with Crippen LogP contribution in [0.1, 0.15) is 0 Å². The Bertz CT molecular complexity index is 746. The molecule has 0 fully saturated rings. The van der Waals surface area contributed by atoms with E-state index in [4.69, 9.17) is 14.2 Å². The normalized spacial score (nSPS) is 10.9. The topological polar surface area (TPSA) is 43.5 Å². The summed E-state index contributed by atoms with van der Waals surface area (Å²) in [7, 11) is 4.95. The predicted molar refractivity (Wildman–Crippen MR) is 75.5 cm³/mol. The monoisotopic (exact) mass is 257 g/mol. The first-order valence-corrected chi connectivity index (χ1v) is 5.99. The van der Waals surface area contributed by atoms with E-state index in [1.54, 1.807) is 21.3 Å². The first-order chi connectivity index (χ1) is 9.30. The summed E-state index contributed by atoms with van der Waals surface area (Å²) in [6, 6.07) is 9.79. The summed E-state index contributed by atoms with van der Waals surface area (Å²) in [6.07, 6.45) is 0. The smallest absolute Gasteiger partial charge is 0.170 e. The van der Waals surface area contributed by atoms with Crippen LogP contribution in [0.3, 0.4) is 0 Å². The molecule has 1 aromatic heterocycles. The van der Waals surface area contributed by atoms with Crippen LogP contribution in [0.5, 0.6) is 17.2 Å². The van der Waals surface area contributed by atoms with E-state index in [0.717, 1.165) is 33.3 Å². The average Bonchev–Trinajstić information content (AvgIpc) is 2.84. The molecular weight excluding hydrogens is 242 g/mol. The van der Waals surface area contributed by atoms with Crippen molar-refractivity contribution in [3.8, 4) is 17.2 Å². The van der Waals surface area contributed by atoms with Gasteiger partial charge in [0.05, 0.1) is 43.1 Å². The second kappa shape index (κ2) is 4.39. The van der Waals surface area contributed by atoms with Gasteiger partial charge in [0.2, 0.25) is 0 Å². The number of ether oxygens (including phenoxy) is 3. The number of hydrogen-bond donors (Lipinski definition) is 1. The molecule has 3 rings (SSSR count). The molecule has 1 N–H and O–H groups in total. The van der Waals surface area contributed by atoms with Crippen molar-refractivity contribution in [2.45, 2.75) is 0 Å². The molecule has 0 spiro atoms. The summed E-state index contributed by atoms with van der Waals surface area (Å²) in [6.45, 7) is 0. The Labute approximate surface area is 110 Å². The fourth-order valence-corrected chi connectivity index (χ4v) is 2.49. The lowest BCUT2D eigenvalue weighted by Gasteiger charge is -2.09. The standard InChI is InChI=1S/C15H15NO3/c1-17-11-6-4-5-9-13(11)14-10(16-9)7-8-12(18-2)15(14)19-3/h4-8,16H,1-3H3. The van der Waals surface area contributed by atoms with Gasteiger partial charge in [0.1, 0.15) is 5.75 Å². The van der Waals surface area contributed by atoms with E-state index >= 15 is 0 Å². The first-order valence-electron chi connectivity index (χ1n) is 5.99. The molecule has 0 saturated heterocycles. The van der Waals surface area contributed by atoms with E-state index in [1.807, 2.05) is 30.3 Å². The summed E-state index contributed by atoms with van der Waals surface area (Å²) in [5.74, 6) is 2.24. The van der Waals surface area contributed by atoms with E-state index in [2.05, 4.69) is 4.98 Å². The molecular formula is C15H15NO3. The van der Waals surface area contributed by atoms with E-state index in [1.165, 1.54) is 0 Å². The van der Waals surface area contributed by atoms with Gasteiger partial charge in [0.25, 0.3) is 0 Å². The maximum absolute atomic E-state index is 5.51. The number of nitrogens with one attached hydrogen (secondary N) is 1. The number of fused-ring (bicyclic) bond motifs is 3. The van der Waals surface area contributed by atoms with E-state index < -0.39 is 0 Å². The Morgan fingerprint density at radius 2 is 1.47 bits per heavy atom. The second-order valence-electron chi connectivity index (χ2n) is 4.23. The van der Waals surface area contributed by atoms with E-state index in [-0.39, 0.29) is 0 Å². The van der Waals surface area contributed by atoms with Gasteiger partial charge in [0, 0.05) is 0 Å². The van der Waals surface area contributed by atoms with Crippen LogP contribution in [0.4, 0.5) is 0 Å². The summed E-state index contributed by atoms with van der Waals surface area (Å²) < 4.78 is 16.3. The summed E-state index contributed by atoms with van der Waals surface area (Å²) in [5.41, 5.74) is 2.01. The third-order valence-corrected chi connectivity index (χ3v) is 3.31. The zero-order valence-electron chi connectivity index (χ0n) is 11.1. The van der Waals surface area contributed by atoms with Gasteiger partial charge in [-0.05, 0) is 24.3 Å². The van der Waals surface area contributed by atoms with Crippen molar-refractivity contribution < 1.29 is 14.2 Å². The molecule has 19 heavy (non-hydrogen) atoms. The minimum atomic E-state index is 0.710. The van der Waals surface area contributed by atoms with E-state index in [0.29, 0.717) is 5.75 Å². The van der Waals surface area contributed by atoms with Gasteiger partial charge in [-0.25, -0.2) is 0 Å². The minimum Gasteiger partial charge on any atom is -0.496 e. The molecule has 4 heteroatoms.